The first-order valence-electron chi connectivity index (χ1n) is 9.05. The largest absolute Gasteiger partial charge is 0.492 e. The molecule has 1 fully saturated rings. The molecule has 2 rings (SSSR count). The van der Waals surface area contributed by atoms with Crippen LogP contribution in [0.3, 0.4) is 0 Å². The molecule has 1 N–H and O–H groups in total. The molecule has 1 aromatic carbocycles. The Labute approximate surface area is 190 Å². The van der Waals surface area contributed by atoms with Crippen LogP contribution in [0.25, 0.3) is 0 Å². The van der Waals surface area contributed by atoms with Crippen molar-refractivity contribution in [3.05, 3.63) is 29.3 Å². The predicted octanol–water partition coefficient (Wildman–Crippen LogP) is 2.52. The summed E-state index contributed by atoms with van der Waals surface area (Å²) in [7, 11) is 0.646. The minimum absolute atomic E-state index is 0. The van der Waals surface area contributed by atoms with Crippen molar-refractivity contribution in [2.24, 2.45) is 10.9 Å². The monoisotopic (exact) mass is 544 g/mol. The molecule has 10 heteroatoms. The average Bonchev–Trinajstić information content (AvgIpc) is 2.63. The van der Waals surface area contributed by atoms with E-state index >= 15 is 0 Å². The molecule has 0 aromatic heterocycles. The number of likely N-dealkylation sites (N-methyl/N-ethyl adjacent to an activating group) is 1. The summed E-state index contributed by atoms with van der Waals surface area (Å²) in [6, 6.07) is 7.29. The minimum Gasteiger partial charge on any atom is -0.492 e. The van der Waals surface area contributed by atoms with Gasteiger partial charge in [-0.3, -0.25) is 4.99 Å². The number of nitrogens with one attached hydrogen (secondary N) is 1. The van der Waals surface area contributed by atoms with Crippen LogP contribution in [0.2, 0.25) is 5.02 Å². The highest BCUT2D eigenvalue weighted by Gasteiger charge is 2.25. The van der Waals surface area contributed by atoms with Crippen LogP contribution in [0.1, 0.15) is 12.8 Å². The molecule has 1 saturated heterocycles. The van der Waals surface area contributed by atoms with Gasteiger partial charge in [0.2, 0.25) is 10.0 Å². The van der Waals surface area contributed by atoms with E-state index in [4.69, 9.17) is 16.3 Å². The van der Waals surface area contributed by atoms with E-state index < -0.39 is 10.0 Å². The van der Waals surface area contributed by atoms with Crippen molar-refractivity contribution < 1.29 is 13.2 Å². The first kappa shape index (κ1) is 25.3. The smallest absolute Gasteiger partial charge is 0.211 e. The van der Waals surface area contributed by atoms with E-state index in [1.54, 1.807) is 23.5 Å². The normalized spacial score (nSPS) is 16.4. The zero-order valence-corrected chi connectivity index (χ0v) is 20.5. The Balaban J connectivity index is 0.00000392. The van der Waals surface area contributed by atoms with Crippen molar-refractivity contribution >= 4 is 51.6 Å². The van der Waals surface area contributed by atoms with Crippen molar-refractivity contribution in [1.29, 1.82) is 0 Å². The van der Waals surface area contributed by atoms with Crippen LogP contribution < -0.4 is 10.1 Å². The molecule has 0 radical (unpaired) electrons. The summed E-state index contributed by atoms with van der Waals surface area (Å²) in [6.07, 6.45) is 3.00. The van der Waals surface area contributed by atoms with Gasteiger partial charge in [-0.2, -0.15) is 0 Å². The van der Waals surface area contributed by atoms with Crippen LogP contribution in [0.4, 0.5) is 0 Å². The summed E-state index contributed by atoms with van der Waals surface area (Å²) in [6.45, 7) is 3.19. The molecule has 1 aliphatic rings. The lowest BCUT2D eigenvalue weighted by molar-refractivity contribution is 0.267. The van der Waals surface area contributed by atoms with Crippen molar-refractivity contribution in [3.63, 3.8) is 0 Å². The van der Waals surface area contributed by atoms with Gasteiger partial charge in [-0.05, 0) is 43.0 Å². The summed E-state index contributed by atoms with van der Waals surface area (Å²) in [5.41, 5.74) is 0. The van der Waals surface area contributed by atoms with E-state index in [1.807, 2.05) is 24.1 Å². The molecule has 160 valence electrons. The minimum atomic E-state index is -3.07. The lowest BCUT2D eigenvalue weighted by Gasteiger charge is -2.31. The van der Waals surface area contributed by atoms with Crippen molar-refractivity contribution in [2.45, 2.75) is 12.8 Å². The number of hydrogen-bond donors (Lipinski definition) is 1. The molecular formula is C18H30ClIN4O3S. The zero-order valence-electron chi connectivity index (χ0n) is 16.6. The van der Waals surface area contributed by atoms with E-state index in [0.29, 0.717) is 37.2 Å². The highest BCUT2D eigenvalue weighted by atomic mass is 127. The fraction of sp³-hybridized carbons (Fsp3) is 0.611. The number of aliphatic imine (C=N–C) groups is 1. The van der Waals surface area contributed by atoms with Crippen molar-refractivity contribution in [2.75, 3.05) is 53.1 Å². The number of guanidine groups is 1. The fourth-order valence-electron chi connectivity index (χ4n) is 3.00. The van der Waals surface area contributed by atoms with E-state index in [2.05, 4.69) is 10.3 Å². The predicted molar refractivity (Wildman–Crippen MR) is 125 cm³/mol. The number of piperidine rings is 1. The quantitative estimate of drug-likeness (QED) is 0.324. The molecule has 0 saturated carbocycles. The first-order chi connectivity index (χ1) is 12.8. The number of sulfonamides is 1. The Morgan fingerprint density at radius 1 is 1.32 bits per heavy atom. The Kier molecular flexibility index (Phi) is 10.9. The number of nitrogens with zero attached hydrogens (tertiary/aromatic N) is 3. The van der Waals surface area contributed by atoms with Crippen LogP contribution in [0.15, 0.2) is 29.3 Å². The summed E-state index contributed by atoms with van der Waals surface area (Å²) >= 11 is 5.87. The molecule has 0 aliphatic carbocycles. The molecule has 0 spiro atoms. The van der Waals surface area contributed by atoms with Gasteiger partial charge in [0, 0.05) is 38.8 Å². The highest BCUT2D eigenvalue weighted by molar-refractivity contribution is 14.0. The molecule has 1 aliphatic heterocycles. The van der Waals surface area contributed by atoms with Gasteiger partial charge in [0.25, 0.3) is 0 Å². The summed E-state index contributed by atoms with van der Waals surface area (Å²) in [5, 5.41) is 4.07. The van der Waals surface area contributed by atoms with Gasteiger partial charge in [-0.25, -0.2) is 12.7 Å². The highest BCUT2D eigenvalue weighted by Crippen LogP contribution is 2.18. The van der Waals surface area contributed by atoms with Crippen LogP contribution in [-0.4, -0.2) is 76.7 Å². The van der Waals surface area contributed by atoms with Crippen LogP contribution in [0.5, 0.6) is 5.75 Å². The van der Waals surface area contributed by atoms with Gasteiger partial charge in [-0.1, -0.05) is 11.6 Å². The number of ether oxygens (including phenoxy) is 1. The maximum absolute atomic E-state index is 11.6. The Bertz CT molecular complexity index is 723. The van der Waals surface area contributed by atoms with Gasteiger partial charge in [0.1, 0.15) is 12.4 Å². The zero-order chi connectivity index (χ0) is 19.9. The van der Waals surface area contributed by atoms with Gasteiger partial charge in [-0.15, -0.1) is 24.0 Å². The second-order valence-electron chi connectivity index (χ2n) is 6.76. The van der Waals surface area contributed by atoms with Crippen LogP contribution >= 0.6 is 35.6 Å². The lowest BCUT2D eigenvalue weighted by atomic mass is 9.98. The first-order valence-corrected chi connectivity index (χ1v) is 11.3. The van der Waals surface area contributed by atoms with Gasteiger partial charge < -0.3 is 15.0 Å². The third-order valence-electron chi connectivity index (χ3n) is 4.67. The third-order valence-corrected chi connectivity index (χ3v) is 6.23. The fourth-order valence-corrected chi connectivity index (χ4v) is 4.00. The van der Waals surface area contributed by atoms with E-state index in [1.165, 1.54) is 6.26 Å². The maximum Gasteiger partial charge on any atom is 0.211 e. The lowest BCUT2D eigenvalue weighted by Crippen LogP contribution is -2.45. The molecule has 28 heavy (non-hydrogen) atoms. The molecular weight excluding hydrogens is 515 g/mol. The molecule has 1 heterocycles. The van der Waals surface area contributed by atoms with Gasteiger partial charge in [0.05, 0.1) is 12.8 Å². The summed E-state index contributed by atoms with van der Waals surface area (Å²) in [4.78, 5) is 6.33. The second kappa shape index (κ2) is 12.0. The Morgan fingerprint density at radius 2 is 1.93 bits per heavy atom. The maximum atomic E-state index is 11.6. The van der Waals surface area contributed by atoms with Crippen molar-refractivity contribution in [3.8, 4) is 5.75 Å². The molecule has 0 atom stereocenters. The number of hydrogen-bond acceptors (Lipinski definition) is 4. The SMILES string of the molecule is CN=C(NCC1CCN(S(C)(=O)=O)CC1)N(C)CCOc1ccc(Cl)cc1.I. The Morgan fingerprint density at radius 3 is 2.46 bits per heavy atom. The van der Waals surface area contributed by atoms with E-state index in [0.717, 1.165) is 31.1 Å². The molecule has 1 aromatic rings. The van der Waals surface area contributed by atoms with Gasteiger partial charge in [0.15, 0.2) is 5.96 Å². The van der Waals surface area contributed by atoms with E-state index in [-0.39, 0.29) is 24.0 Å². The van der Waals surface area contributed by atoms with Crippen molar-refractivity contribution in [1.82, 2.24) is 14.5 Å². The Hall–Kier alpha value is -0.780. The number of benzene rings is 1. The molecule has 0 amide bonds. The summed E-state index contributed by atoms with van der Waals surface area (Å²) in [5.74, 6) is 2.03. The molecule has 0 unspecified atom stereocenters. The third kappa shape index (κ3) is 8.30. The second-order valence-corrected chi connectivity index (χ2v) is 9.18. The summed E-state index contributed by atoms with van der Waals surface area (Å²) < 4.78 is 30.4. The van der Waals surface area contributed by atoms with E-state index in [9.17, 15) is 8.42 Å². The number of halogens is 2. The topological polar surface area (TPSA) is 74.2 Å². The molecule has 7 nitrogen and oxygen atoms in total. The van der Waals surface area contributed by atoms with Gasteiger partial charge >= 0.3 is 0 Å². The average molecular weight is 545 g/mol. The molecule has 0 bridgehead atoms. The van der Waals surface area contributed by atoms with Crippen LogP contribution in [-0.2, 0) is 10.0 Å². The standard InChI is InChI=1S/C18H29ClN4O3S.HI/c1-20-18(21-14-15-8-10-23(11-9-15)27(3,24)25)22(2)12-13-26-17-6-4-16(19)5-7-17;/h4-7,15H,8-14H2,1-3H3,(H,20,21);1H. The number of rotatable bonds is 7. The van der Waals surface area contributed by atoms with Crippen LogP contribution in [0, 0.1) is 5.92 Å².